The van der Waals surface area contributed by atoms with Crippen LogP contribution in [0.25, 0.3) is 0 Å². The van der Waals surface area contributed by atoms with Crippen LogP contribution in [0.1, 0.15) is 45.7 Å². The molecule has 1 aromatic rings. The minimum Gasteiger partial charge on any atom is -0.481 e. The van der Waals surface area contributed by atoms with Crippen LogP contribution in [0.15, 0.2) is 24.3 Å². The van der Waals surface area contributed by atoms with Gasteiger partial charge in [0.05, 0.1) is 12.8 Å². The average Bonchev–Trinajstić information content (AvgIpc) is 2.36. The number of aliphatic carboxylic acids is 1. The van der Waals surface area contributed by atoms with Gasteiger partial charge in [-0.05, 0) is 30.4 Å². The van der Waals surface area contributed by atoms with Crippen molar-refractivity contribution in [3.63, 3.8) is 0 Å². The molecule has 4 nitrogen and oxygen atoms in total. The molecular formula is C18H27NO3. The number of hydrogen-bond acceptors (Lipinski definition) is 2. The summed E-state index contributed by atoms with van der Waals surface area (Å²) < 4.78 is 0. The van der Waals surface area contributed by atoms with E-state index in [1.807, 2.05) is 30.9 Å². The Morgan fingerprint density at radius 3 is 1.86 bits per heavy atom. The molecule has 0 atom stereocenters. The van der Waals surface area contributed by atoms with Crippen molar-refractivity contribution in [2.45, 2.75) is 53.5 Å². The predicted octanol–water partition coefficient (Wildman–Crippen LogP) is 3.14. The minimum atomic E-state index is -0.847. The van der Waals surface area contributed by atoms with Crippen molar-refractivity contribution in [3.05, 3.63) is 35.4 Å². The van der Waals surface area contributed by atoms with Gasteiger partial charge in [0.1, 0.15) is 0 Å². The first-order chi connectivity index (χ1) is 10.1. The molecule has 1 amide bonds. The van der Waals surface area contributed by atoms with Crippen LogP contribution < -0.4 is 0 Å². The van der Waals surface area contributed by atoms with Crippen LogP contribution in [0.4, 0.5) is 0 Å². The van der Waals surface area contributed by atoms with E-state index in [4.69, 9.17) is 5.11 Å². The quantitative estimate of drug-likeness (QED) is 0.878. The highest BCUT2D eigenvalue weighted by atomic mass is 16.4. The Hall–Kier alpha value is -1.84. The van der Waals surface area contributed by atoms with E-state index < -0.39 is 5.97 Å². The summed E-state index contributed by atoms with van der Waals surface area (Å²) in [7, 11) is 0. The van der Waals surface area contributed by atoms with Crippen molar-refractivity contribution < 1.29 is 14.7 Å². The Labute approximate surface area is 133 Å². The zero-order valence-electron chi connectivity index (χ0n) is 14.2. The number of carboxylic acids is 1. The van der Waals surface area contributed by atoms with E-state index in [2.05, 4.69) is 20.8 Å². The number of hydrogen-bond donors (Lipinski definition) is 1. The summed E-state index contributed by atoms with van der Waals surface area (Å²) in [5, 5.41) is 8.76. The van der Waals surface area contributed by atoms with Crippen LogP contribution in [0.2, 0.25) is 0 Å². The highest BCUT2D eigenvalue weighted by Gasteiger charge is 2.23. The van der Waals surface area contributed by atoms with Crippen LogP contribution in [0.3, 0.4) is 0 Å². The van der Waals surface area contributed by atoms with Gasteiger partial charge in [0.2, 0.25) is 5.91 Å². The summed E-state index contributed by atoms with van der Waals surface area (Å²) in [4.78, 5) is 25.1. The molecule has 0 fully saturated rings. The van der Waals surface area contributed by atoms with Crippen LogP contribution in [0, 0.1) is 5.41 Å². The molecule has 22 heavy (non-hydrogen) atoms. The molecule has 0 aromatic heterocycles. The molecule has 0 spiro atoms. The highest BCUT2D eigenvalue weighted by Crippen LogP contribution is 2.18. The van der Waals surface area contributed by atoms with Gasteiger partial charge < -0.3 is 10.0 Å². The summed E-state index contributed by atoms with van der Waals surface area (Å²) >= 11 is 0. The molecule has 4 heteroatoms. The maximum absolute atomic E-state index is 12.5. The van der Waals surface area contributed by atoms with Crippen molar-refractivity contribution in [1.29, 1.82) is 0 Å². The van der Waals surface area contributed by atoms with E-state index in [0.717, 1.165) is 17.7 Å². The maximum atomic E-state index is 12.5. The van der Waals surface area contributed by atoms with Crippen molar-refractivity contribution in [1.82, 2.24) is 4.90 Å². The standard InChI is InChI=1S/C18H27NO3/c1-13(2)19(12-18(3,4)5)16(20)10-14-6-8-15(9-7-14)11-17(21)22/h6-9,13H,10-12H2,1-5H3,(H,21,22). The van der Waals surface area contributed by atoms with E-state index in [1.165, 1.54) is 0 Å². The zero-order chi connectivity index (χ0) is 16.9. The van der Waals surface area contributed by atoms with Gasteiger partial charge in [-0.1, -0.05) is 45.0 Å². The van der Waals surface area contributed by atoms with E-state index in [9.17, 15) is 9.59 Å². The van der Waals surface area contributed by atoms with Crippen molar-refractivity contribution in [3.8, 4) is 0 Å². The summed E-state index contributed by atoms with van der Waals surface area (Å²) in [6.45, 7) is 11.1. The summed E-state index contributed by atoms with van der Waals surface area (Å²) in [5.41, 5.74) is 1.73. The third kappa shape index (κ3) is 6.29. The zero-order valence-corrected chi connectivity index (χ0v) is 14.2. The number of rotatable bonds is 6. The number of amides is 1. The maximum Gasteiger partial charge on any atom is 0.307 e. The Bertz CT molecular complexity index is 512. The number of carbonyl (C=O) groups excluding carboxylic acids is 1. The minimum absolute atomic E-state index is 0.0103. The van der Waals surface area contributed by atoms with Gasteiger partial charge in [-0.25, -0.2) is 0 Å². The normalized spacial score (nSPS) is 11.5. The van der Waals surface area contributed by atoms with E-state index in [0.29, 0.717) is 6.42 Å². The SMILES string of the molecule is CC(C)N(CC(C)(C)C)C(=O)Cc1ccc(CC(=O)O)cc1. The third-order valence-corrected chi connectivity index (χ3v) is 3.32. The largest absolute Gasteiger partial charge is 0.481 e. The van der Waals surface area contributed by atoms with Crippen LogP contribution in [-0.4, -0.2) is 34.5 Å². The lowest BCUT2D eigenvalue weighted by atomic mass is 9.95. The van der Waals surface area contributed by atoms with Gasteiger partial charge >= 0.3 is 5.97 Å². The van der Waals surface area contributed by atoms with Gasteiger partial charge in [-0.3, -0.25) is 9.59 Å². The second kappa shape index (κ2) is 7.43. The molecule has 0 saturated carbocycles. The summed E-state index contributed by atoms with van der Waals surface area (Å²) in [5.74, 6) is -0.740. The van der Waals surface area contributed by atoms with Gasteiger partial charge in [0, 0.05) is 12.6 Å². The fourth-order valence-electron chi connectivity index (χ4n) is 2.30. The Balaban J connectivity index is 2.75. The molecule has 0 unspecified atom stereocenters. The molecule has 0 bridgehead atoms. The lowest BCUT2D eigenvalue weighted by Crippen LogP contribution is -2.43. The monoisotopic (exact) mass is 305 g/mol. The molecule has 0 aliphatic rings. The van der Waals surface area contributed by atoms with E-state index >= 15 is 0 Å². The second-order valence-corrected chi connectivity index (χ2v) is 7.24. The Morgan fingerprint density at radius 2 is 1.50 bits per heavy atom. The molecule has 1 aromatic carbocycles. The summed E-state index contributed by atoms with van der Waals surface area (Å²) in [6, 6.07) is 7.40. The molecular weight excluding hydrogens is 278 g/mol. The number of carboxylic acid groups (broad SMARTS) is 1. The van der Waals surface area contributed by atoms with Crippen molar-refractivity contribution in [2.24, 2.45) is 5.41 Å². The summed E-state index contributed by atoms with van der Waals surface area (Å²) in [6.07, 6.45) is 0.359. The van der Waals surface area contributed by atoms with Crippen LogP contribution >= 0.6 is 0 Å². The lowest BCUT2D eigenvalue weighted by molar-refractivity contribution is -0.136. The fraction of sp³-hybridized carbons (Fsp3) is 0.556. The number of nitrogens with zero attached hydrogens (tertiary/aromatic N) is 1. The average molecular weight is 305 g/mol. The van der Waals surface area contributed by atoms with E-state index in [1.54, 1.807) is 12.1 Å². The number of carbonyl (C=O) groups is 2. The molecule has 122 valence electrons. The molecule has 0 aliphatic carbocycles. The van der Waals surface area contributed by atoms with Crippen molar-refractivity contribution >= 4 is 11.9 Å². The Morgan fingerprint density at radius 1 is 1.05 bits per heavy atom. The van der Waals surface area contributed by atoms with Gasteiger partial charge in [0.25, 0.3) is 0 Å². The van der Waals surface area contributed by atoms with Crippen LogP contribution in [0.5, 0.6) is 0 Å². The highest BCUT2D eigenvalue weighted by molar-refractivity contribution is 5.79. The van der Waals surface area contributed by atoms with Gasteiger partial charge in [-0.2, -0.15) is 0 Å². The van der Waals surface area contributed by atoms with Gasteiger partial charge in [-0.15, -0.1) is 0 Å². The fourth-order valence-corrected chi connectivity index (χ4v) is 2.30. The molecule has 0 aliphatic heterocycles. The van der Waals surface area contributed by atoms with Crippen molar-refractivity contribution in [2.75, 3.05) is 6.54 Å². The molecule has 0 radical (unpaired) electrons. The van der Waals surface area contributed by atoms with E-state index in [-0.39, 0.29) is 23.8 Å². The number of benzene rings is 1. The molecule has 1 rings (SSSR count). The first-order valence-corrected chi connectivity index (χ1v) is 7.67. The first-order valence-electron chi connectivity index (χ1n) is 7.67. The Kier molecular flexibility index (Phi) is 6.15. The smallest absolute Gasteiger partial charge is 0.307 e. The van der Waals surface area contributed by atoms with Gasteiger partial charge in [0.15, 0.2) is 0 Å². The topological polar surface area (TPSA) is 57.6 Å². The second-order valence-electron chi connectivity index (χ2n) is 7.24. The lowest BCUT2D eigenvalue weighted by Gasteiger charge is -2.33. The molecule has 0 heterocycles. The molecule has 0 saturated heterocycles. The first kappa shape index (κ1) is 18.2. The predicted molar refractivity (Wildman–Crippen MR) is 87.8 cm³/mol. The third-order valence-electron chi connectivity index (χ3n) is 3.32. The molecule has 1 N–H and O–H groups in total. The van der Waals surface area contributed by atoms with Crippen LogP contribution in [-0.2, 0) is 22.4 Å².